The zero-order valence-corrected chi connectivity index (χ0v) is 12.8. The SMILES string of the molecule is COc1cc(OC)cc(C(=O)NCc2ccc(C(=O)O)cc2)c1. The summed E-state index contributed by atoms with van der Waals surface area (Å²) < 4.78 is 10.3. The van der Waals surface area contributed by atoms with Gasteiger partial charge in [-0.25, -0.2) is 4.79 Å². The van der Waals surface area contributed by atoms with E-state index in [9.17, 15) is 9.59 Å². The highest BCUT2D eigenvalue weighted by Crippen LogP contribution is 2.22. The first-order valence-electron chi connectivity index (χ1n) is 6.87. The molecule has 0 radical (unpaired) electrons. The van der Waals surface area contributed by atoms with E-state index in [4.69, 9.17) is 14.6 Å². The molecular formula is C17H17NO5. The predicted octanol–water partition coefficient (Wildman–Crippen LogP) is 2.33. The lowest BCUT2D eigenvalue weighted by Gasteiger charge is -2.09. The maximum Gasteiger partial charge on any atom is 0.335 e. The molecule has 0 spiro atoms. The third-order valence-electron chi connectivity index (χ3n) is 3.27. The van der Waals surface area contributed by atoms with E-state index >= 15 is 0 Å². The monoisotopic (exact) mass is 315 g/mol. The molecule has 0 unspecified atom stereocenters. The van der Waals surface area contributed by atoms with Gasteiger partial charge in [-0.2, -0.15) is 0 Å². The summed E-state index contributed by atoms with van der Waals surface area (Å²) >= 11 is 0. The Morgan fingerprint density at radius 3 is 2.00 bits per heavy atom. The van der Waals surface area contributed by atoms with E-state index in [1.807, 2.05) is 0 Å². The van der Waals surface area contributed by atoms with Gasteiger partial charge in [-0.1, -0.05) is 12.1 Å². The van der Waals surface area contributed by atoms with Gasteiger partial charge in [0.1, 0.15) is 11.5 Å². The molecule has 0 saturated carbocycles. The average molecular weight is 315 g/mol. The Hall–Kier alpha value is -3.02. The molecule has 1 amide bonds. The van der Waals surface area contributed by atoms with Gasteiger partial charge in [-0.05, 0) is 29.8 Å². The van der Waals surface area contributed by atoms with Crippen molar-refractivity contribution in [3.63, 3.8) is 0 Å². The van der Waals surface area contributed by atoms with Crippen LogP contribution in [0.2, 0.25) is 0 Å². The van der Waals surface area contributed by atoms with Crippen LogP contribution in [0.25, 0.3) is 0 Å². The minimum absolute atomic E-state index is 0.206. The number of hydrogen-bond acceptors (Lipinski definition) is 4. The molecule has 6 heteroatoms. The van der Waals surface area contributed by atoms with Gasteiger partial charge in [0.15, 0.2) is 0 Å². The maximum atomic E-state index is 12.2. The van der Waals surface area contributed by atoms with Gasteiger partial charge in [0.05, 0.1) is 19.8 Å². The largest absolute Gasteiger partial charge is 0.497 e. The molecule has 0 aliphatic rings. The number of aromatic carboxylic acids is 1. The van der Waals surface area contributed by atoms with Crippen molar-refractivity contribution >= 4 is 11.9 Å². The second kappa shape index (κ2) is 7.31. The van der Waals surface area contributed by atoms with Gasteiger partial charge in [0, 0.05) is 18.2 Å². The van der Waals surface area contributed by atoms with Crippen molar-refractivity contribution in [2.75, 3.05) is 14.2 Å². The van der Waals surface area contributed by atoms with Crippen molar-refractivity contribution in [1.82, 2.24) is 5.32 Å². The van der Waals surface area contributed by atoms with Crippen molar-refractivity contribution in [2.45, 2.75) is 6.54 Å². The zero-order valence-electron chi connectivity index (χ0n) is 12.8. The number of carbonyl (C=O) groups excluding carboxylic acids is 1. The minimum Gasteiger partial charge on any atom is -0.497 e. The smallest absolute Gasteiger partial charge is 0.335 e. The van der Waals surface area contributed by atoms with Crippen molar-refractivity contribution in [3.8, 4) is 11.5 Å². The van der Waals surface area contributed by atoms with E-state index in [0.29, 0.717) is 17.1 Å². The van der Waals surface area contributed by atoms with Crippen LogP contribution in [0.4, 0.5) is 0 Å². The molecule has 0 aliphatic carbocycles. The van der Waals surface area contributed by atoms with E-state index in [1.54, 1.807) is 30.3 Å². The van der Waals surface area contributed by atoms with Crippen LogP contribution in [0.5, 0.6) is 11.5 Å². The first kappa shape index (κ1) is 16.4. The number of carboxylic acids is 1. The Morgan fingerprint density at radius 1 is 0.957 bits per heavy atom. The summed E-state index contributed by atoms with van der Waals surface area (Å²) in [6.07, 6.45) is 0. The third kappa shape index (κ3) is 4.23. The lowest BCUT2D eigenvalue weighted by Crippen LogP contribution is -2.22. The van der Waals surface area contributed by atoms with Gasteiger partial charge >= 0.3 is 5.97 Å². The molecule has 6 nitrogen and oxygen atoms in total. The number of rotatable bonds is 6. The number of hydrogen-bond donors (Lipinski definition) is 2. The molecule has 0 bridgehead atoms. The summed E-state index contributed by atoms with van der Waals surface area (Å²) in [5, 5.41) is 11.6. The first-order valence-corrected chi connectivity index (χ1v) is 6.87. The standard InChI is InChI=1S/C17H17NO5/c1-22-14-7-13(8-15(9-14)23-2)16(19)18-10-11-3-5-12(6-4-11)17(20)21/h3-9H,10H2,1-2H3,(H,18,19)(H,20,21). The lowest BCUT2D eigenvalue weighted by molar-refractivity contribution is 0.0696. The molecule has 0 heterocycles. The third-order valence-corrected chi connectivity index (χ3v) is 3.27. The van der Waals surface area contributed by atoms with Crippen LogP contribution in [0, 0.1) is 0 Å². The molecule has 0 aliphatic heterocycles. The van der Waals surface area contributed by atoms with Gasteiger partial charge in [-0.15, -0.1) is 0 Å². The molecule has 2 rings (SSSR count). The van der Waals surface area contributed by atoms with E-state index in [0.717, 1.165) is 5.56 Å². The van der Waals surface area contributed by atoms with Crippen LogP contribution in [0.15, 0.2) is 42.5 Å². The van der Waals surface area contributed by atoms with Crippen LogP contribution in [-0.2, 0) is 6.54 Å². The van der Waals surface area contributed by atoms with Gasteiger partial charge in [-0.3, -0.25) is 4.79 Å². The summed E-state index contributed by atoms with van der Waals surface area (Å²) in [6, 6.07) is 11.2. The zero-order chi connectivity index (χ0) is 16.8. The Morgan fingerprint density at radius 2 is 1.52 bits per heavy atom. The molecule has 0 aromatic heterocycles. The summed E-state index contributed by atoms with van der Waals surface area (Å²) in [5.41, 5.74) is 1.43. The van der Waals surface area contributed by atoms with Crippen molar-refractivity contribution in [3.05, 3.63) is 59.2 Å². The van der Waals surface area contributed by atoms with Crippen LogP contribution < -0.4 is 14.8 Å². The predicted molar refractivity (Wildman–Crippen MR) is 84.1 cm³/mol. The number of methoxy groups -OCH3 is 2. The Kier molecular flexibility index (Phi) is 5.19. The minimum atomic E-state index is -0.982. The van der Waals surface area contributed by atoms with Gasteiger partial charge in [0.2, 0.25) is 0 Å². The van der Waals surface area contributed by atoms with Crippen molar-refractivity contribution < 1.29 is 24.2 Å². The molecule has 2 N–H and O–H groups in total. The van der Waals surface area contributed by atoms with E-state index in [1.165, 1.54) is 26.4 Å². The molecule has 23 heavy (non-hydrogen) atoms. The fraction of sp³-hybridized carbons (Fsp3) is 0.176. The van der Waals surface area contributed by atoms with Crippen molar-refractivity contribution in [1.29, 1.82) is 0 Å². The van der Waals surface area contributed by atoms with E-state index in [-0.39, 0.29) is 18.0 Å². The Labute approximate surface area is 133 Å². The summed E-state index contributed by atoms with van der Waals surface area (Å²) in [5.74, 6) is -0.200. The Balaban J connectivity index is 2.05. The number of ether oxygens (including phenoxy) is 2. The second-order valence-corrected chi connectivity index (χ2v) is 4.79. The average Bonchev–Trinajstić information content (AvgIpc) is 2.59. The number of nitrogens with one attached hydrogen (secondary N) is 1. The van der Waals surface area contributed by atoms with Crippen LogP contribution in [0.1, 0.15) is 26.3 Å². The normalized spacial score (nSPS) is 10.0. The highest BCUT2D eigenvalue weighted by atomic mass is 16.5. The number of amides is 1. The molecule has 0 saturated heterocycles. The molecule has 2 aromatic rings. The van der Waals surface area contributed by atoms with Crippen LogP contribution in [0.3, 0.4) is 0 Å². The molecule has 0 fully saturated rings. The highest BCUT2D eigenvalue weighted by molar-refractivity contribution is 5.95. The molecular weight excluding hydrogens is 298 g/mol. The topological polar surface area (TPSA) is 84.9 Å². The van der Waals surface area contributed by atoms with Crippen LogP contribution >= 0.6 is 0 Å². The highest BCUT2D eigenvalue weighted by Gasteiger charge is 2.10. The van der Waals surface area contributed by atoms with E-state index < -0.39 is 5.97 Å². The quantitative estimate of drug-likeness (QED) is 0.854. The lowest BCUT2D eigenvalue weighted by atomic mass is 10.1. The summed E-state index contributed by atoms with van der Waals surface area (Å²) in [6.45, 7) is 0.290. The fourth-order valence-electron chi connectivity index (χ4n) is 1.99. The summed E-state index contributed by atoms with van der Waals surface area (Å²) in [4.78, 5) is 23.0. The second-order valence-electron chi connectivity index (χ2n) is 4.79. The molecule has 2 aromatic carbocycles. The van der Waals surface area contributed by atoms with Gasteiger partial charge < -0.3 is 19.9 Å². The number of benzene rings is 2. The molecule has 120 valence electrons. The summed E-state index contributed by atoms with van der Waals surface area (Å²) in [7, 11) is 3.03. The fourth-order valence-corrected chi connectivity index (χ4v) is 1.99. The number of carboxylic acid groups (broad SMARTS) is 1. The van der Waals surface area contributed by atoms with Gasteiger partial charge in [0.25, 0.3) is 5.91 Å². The Bertz CT molecular complexity index is 687. The maximum absolute atomic E-state index is 12.2. The molecule has 0 atom stereocenters. The first-order chi connectivity index (χ1) is 11.0. The van der Waals surface area contributed by atoms with Crippen LogP contribution in [-0.4, -0.2) is 31.2 Å². The number of carbonyl (C=O) groups is 2. The van der Waals surface area contributed by atoms with E-state index in [2.05, 4.69) is 5.32 Å². The van der Waals surface area contributed by atoms with Crippen molar-refractivity contribution in [2.24, 2.45) is 0 Å².